The lowest BCUT2D eigenvalue weighted by Gasteiger charge is -2.09. The van der Waals surface area contributed by atoms with Crippen molar-refractivity contribution in [2.75, 3.05) is 0 Å². The first kappa shape index (κ1) is 13.4. The van der Waals surface area contributed by atoms with Crippen LogP contribution in [0.25, 0.3) is 11.1 Å². The summed E-state index contributed by atoms with van der Waals surface area (Å²) in [5.41, 5.74) is 2.75. The fourth-order valence-electron chi connectivity index (χ4n) is 2.23. The molecule has 0 spiro atoms. The van der Waals surface area contributed by atoms with Crippen LogP contribution in [0.5, 0.6) is 0 Å². The van der Waals surface area contributed by atoms with Gasteiger partial charge >= 0.3 is 0 Å². The Bertz CT molecular complexity index is 770. The molecule has 3 aromatic rings. The second kappa shape index (κ2) is 5.05. The average Bonchev–Trinajstić information content (AvgIpc) is 3.01. The van der Waals surface area contributed by atoms with Gasteiger partial charge in [0, 0.05) is 13.2 Å². The van der Waals surface area contributed by atoms with E-state index < -0.39 is 0 Å². The third kappa shape index (κ3) is 2.52. The van der Waals surface area contributed by atoms with Crippen LogP contribution >= 0.6 is 0 Å². The summed E-state index contributed by atoms with van der Waals surface area (Å²) < 4.78 is 7.27. The molecule has 0 aliphatic heterocycles. The molecule has 2 heterocycles. The van der Waals surface area contributed by atoms with Crippen LogP contribution in [0.4, 0.5) is 0 Å². The topological polar surface area (TPSA) is 73.0 Å². The molecule has 6 heteroatoms. The number of aromatic nitrogens is 3. The van der Waals surface area contributed by atoms with E-state index in [0.29, 0.717) is 22.7 Å². The molecule has 0 bridgehead atoms. The van der Waals surface area contributed by atoms with Gasteiger partial charge < -0.3 is 9.73 Å². The summed E-state index contributed by atoms with van der Waals surface area (Å²) in [6.07, 6.45) is 1.70. The van der Waals surface area contributed by atoms with E-state index in [2.05, 4.69) is 15.4 Å². The highest BCUT2D eigenvalue weighted by molar-refractivity contribution is 5.95. The first-order valence-electron chi connectivity index (χ1n) is 6.71. The summed E-state index contributed by atoms with van der Waals surface area (Å²) in [6, 6.07) is 7.20. The van der Waals surface area contributed by atoms with Crippen LogP contribution in [0.3, 0.4) is 0 Å². The fourth-order valence-corrected chi connectivity index (χ4v) is 2.23. The SMILES string of the molecule is Cc1nn(C)cc1C(=O)NC(C)c1nc2ccccc2o1. The number of amides is 1. The smallest absolute Gasteiger partial charge is 0.255 e. The molecule has 0 aliphatic rings. The summed E-state index contributed by atoms with van der Waals surface area (Å²) >= 11 is 0. The van der Waals surface area contributed by atoms with Crippen LogP contribution in [0.2, 0.25) is 0 Å². The number of hydrogen-bond acceptors (Lipinski definition) is 4. The monoisotopic (exact) mass is 284 g/mol. The second-order valence-corrected chi connectivity index (χ2v) is 5.02. The zero-order valence-electron chi connectivity index (χ0n) is 12.1. The van der Waals surface area contributed by atoms with E-state index in [9.17, 15) is 4.79 Å². The van der Waals surface area contributed by atoms with Crippen molar-refractivity contribution < 1.29 is 9.21 Å². The van der Waals surface area contributed by atoms with Crippen molar-refractivity contribution in [1.29, 1.82) is 0 Å². The highest BCUT2D eigenvalue weighted by Crippen LogP contribution is 2.20. The third-order valence-electron chi connectivity index (χ3n) is 3.29. The van der Waals surface area contributed by atoms with Gasteiger partial charge in [-0.25, -0.2) is 4.98 Å². The second-order valence-electron chi connectivity index (χ2n) is 5.02. The molecule has 1 N–H and O–H groups in total. The normalized spacial score (nSPS) is 12.5. The fraction of sp³-hybridized carbons (Fsp3) is 0.267. The first-order chi connectivity index (χ1) is 10.0. The van der Waals surface area contributed by atoms with E-state index in [1.165, 1.54) is 0 Å². The maximum absolute atomic E-state index is 12.2. The first-order valence-corrected chi connectivity index (χ1v) is 6.71. The van der Waals surface area contributed by atoms with Crippen molar-refractivity contribution in [3.05, 3.63) is 47.6 Å². The predicted molar refractivity (Wildman–Crippen MR) is 77.8 cm³/mol. The molecule has 3 rings (SSSR count). The van der Waals surface area contributed by atoms with Gasteiger partial charge in [0.25, 0.3) is 5.91 Å². The standard InChI is InChI=1S/C15H16N4O2/c1-9-11(8-19(3)18-9)14(20)16-10(2)15-17-12-6-4-5-7-13(12)21-15/h4-8,10H,1-3H3,(H,16,20). The molecule has 21 heavy (non-hydrogen) atoms. The summed E-state index contributed by atoms with van der Waals surface area (Å²) in [6.45, 7) is 3.65. The van der Waals surface area contributed by atoms with Crippen molar-refractivity contribution in [2.45, 2.75) is 19.9 Å². The van der Waals surface area contributed by atoms with E-state index in [0.717, 1.165) is 5.52 Å². The van der Waals surface area contributed by atoms with E-state index in [1.54, 1.807) is 24.9 Å². The maximum Gasteiger partial charge on any atom is 0.255 e. The van der Waals surface area contributed by atoms with Gasteiger partial charge in [0.1, 0.15) is 11.6 Å². The van der Waals surface area contributed by atoms with Crippen LogP contribution in [0, 0.1) is 6.92 Å². The Kier molecular flexibility index (Phi) is 3.21. The number of para-hydroxylation sites is 2. The Balaban J connectivity index is 1.81. The Morgan fingerprint density at radius 1 is 1.38 bits per heavy atom. The quantitative estimate of drug-likeness (QED) is 0.801. The molecule has 2 aromatic heterocycles. The number of aryl methyl sites for hydroxylation is 2. The zero-order valence-corrected chi connectivity index (χ0v) is 12.1. The number of nitrogens with one attached hydrogen (secondary N) is 1. The molecule has 108 valence electrons. The van der Waals surface area contributed by atoms with E-state index >= 15 is 0 Å². The third-order valence-corrected chi connectivity index (χ3v) is 3.29. The maximum atomic E-state index is 12.2. The Morgan fingerprint density at radius 3 is 2.81 bits per heavy atom. The number of rotatable bonds is 3. The predicted octanol–water partition coefficient (Wildman–Crippen LogP) is 2.36. The lowest BCUT2D eigenvalue weighted by Crippen LogP contribution is -2.27. The number of carbonyl (C=O) groups is 1. The van der Waals surface area contributed by atoms with Crippen molar-refractivity contribution >= 4 is 17.0 Å². The molecule has 1 atom stereocenters. The van der Waals surface area contributed by atoms with Crippen LogP contribution in [0.15, 0.2) is 34.9 Å². The minimum absolute atomic E-state index is 0.185. The van der Waals surface area contributed by atoms with Gasteiger partial charge in [0.2, 0.25) is 5.89 Å². The number of hydrogen-bond donors (Lipinski definition) is 1. The van der Waals surface area contributed by atoms with Crippen molar-refractivity contribution in [1.82, 2.24) is 20.1 Å². The van der Waals surface area contributed by atoms with Gasteiger partial charge in [-0.3, -0.25) is 9.48 Å². The highest BCUT2D eigenvalue weighted by Gasteiger charge is 2.19. The molecule has 0 saturated carbocycles. The molecule has 6 nitrogen and oxygen atoms in total. The molecule has 0 saturated heterocycles. The van der Waals surface area contributed by atoms with Gasteiger partial charge in [-0.2, -0.15) is 5.10 Å². The lowest BCUT2D eigenvalue weighted by molar-refractivity contribution is 0.0934. The van der Waals surface area contributed by atoms with Crippen LogP contribution in [-0.2, 0) is 7.05 Å². The number of benzene rings is 1. The van der Waals surface area contributed by atoms with Crippen LogP contribution in [-0.4, -0.2) is 20.7 Å². The molecular formula is C15H16N4O2. The summed E-state index contributed by atoms with van der Waals surface area (Å²) in [5.74, 6) is 0.307. The Morgan fingerprint density at radius 2 is 2.14 bits per heavy atom. The molecule has 0 aliphatic carbocycles. The number of oxazole rings is 1. The Hall–Kier alpha value is -2.63. The average molecular weight is 284 g/mol. The lowest BCUT2D eigenvalue weighted by atomic mass is 10.2. The zero-order chi connectivity index (χ0) is 15.0. The molecular weight excluding hydrogens is 268 g/mol. The molecule has 0 fully saturated rings. The minimum atomic E-state index is -0.315. The van der Waals surface area contributed by atoms with Gasteiger partial charge in [-0.05, 0) is 26.0 Å². The molecule has 1 unspecified atom stereocenters. The molecule has 0 radical (unpaired) electrons. The number of carbonyl (C=O) groups excluding carboxylic acids is 1. The molecule has 1 aromatic carbocycles. The van der Waals surface area contributed by atoms with Crippen molar-refractivity contribution in [3.8, 4) is 0 Å². The van der Waals surface area contributed by atoms with Crippen molar-refractivity contribution in [2.24, 2.45) is 7.05 Å². The van der Waals surface area contributed by atoms with Gasteiger partial charge in [-0.1, -0.05) is 12.1 Å². The van der Waals surface area contributed by atoms with E-state index in [1.807, 2.05) is 31.2 Å². The van der Waals surface area contributed by atoms with Gasteiger partial charge in [0.05, 0.1) is 11.3 Å². The Labute approximate surface area is 121 Å². The van der Waals surface area contributed by atoms with Gasteiger partial charge in [0.15, 0.2) is 5.58 Å². The van der Waals surface area contributed by atoms with E-state index in [4.69, 9.17) is 4.42 Å². The van der Waals surface area contributed by atoms with Crippen LogP contribution in [0.1, 0.15) is 34.9 Å². The number of nitrogens with zero attached hydrogens (tertiary/aromatic N) is 3. The molecule has 1 amide bonds. The summed E-state index contributed by atoms with van der Waals surface area (Å²) in [5, 5.41) is 7.04. The number of fused-ring (bicyclic) bond motifs is 1. The summed E-state index contributed by atoms with van der Waals surface area (Å²) in [7, 11) is 1.79. The largest absolute Gasteiger partial charge is 0.438 e. The summed E-state index contributed by atoms with van der Waals surface area (Å²) in [4.78, 5) is 16.6. The van der Waals surface area contributed by atoms with E-state index in [-0.39, 0.29) is 11.9 Å². The van der Waals surface area contributed by atoms with Crippen molar-refractivity contribution in [3.63, 3.8) is 0 Å². The van der Waals surface area contributed by atoms with Crippen LogP contribution < -0.4 is 5.32 Å². The highest BCUT2D eigenvalue weighted by atomic mass is 16.3. The van der Waals surface area contributed by atoms with Gasteiger partial charge in [-0.15, -0.1) is 0 Å². The minimum Gasteiger partial charge on any atom is -0.438 e.